The van der Waals surface area contributed by atoms with Crippen LogP contribution in [0, 0.1) is 6.92 Å². The molecule has 0 atom stereocenters. The summed E-state index contributed by atoms with van der Waals surface area (Å²) in [5.41, 5.74) is 2.32. The van der Waals surface area contributed by atoms with Crippen molar-refractivity contribution >= 4 is 0 Å². The van der Waals surface area contributed by atoms with Crippen LogP contribution in [0.5, 0.6) is 5.88 Å². The number of rotatable bonds is 9. The molecule has 126 valence electrons. The predicted molar refractivity (Wildman–Crippen MR) is 91.4 cm³/mol. The lowest BCUT2D eigenvalue weighted by Gasteiger charge is -2.23. The minimum absolute atomic E-state index is 0.639. The van der Waals surface area contributed by atoms with Gasteiger partial charge in [-0.25, -0.2) is 9.97 Å². The Hall–Kier alpha value is -1.92. The third-order valence-electron chi connectivity index (χ3n) is 3.51. The molecule has 2 aromatic heterocycles. The minimum Gasteiger partial charge on any atom is -0.478 e. The highest BCUT2D eigenvalue weighted by molar-refractivity contribution is 5.18. The van der Waals surface area contributed by atoms with Crippen LogP contribution < -0.4 is 4.74 Å². The van der Waals surface area contributed by atoms with Crippen LogP contribution in [0.2, 0.25) is 0 Å². The first kappa shape index (κ1) is 17.4. The maximum absolute atomic E-state index is 5.40. The number of likely N-dealkylation sites (N-methyl/N-ethyl adjacent to an activating group) is 1. The molecule has 0 saturated heterocycles. The van der Waals surface area contributed by atoms with E-state index < -0.39 is 0 Å². The van der Waals surface area contributed by atoms with E-state index >= 15 is 0 Å². The van der Waals surface area contributed by atoms with Gasteiger partial charge in [-0.1, -0.05) is 6.07 Å². The van der Waals surface area contributed by atoms with E-state index in [-0.39, 0.29) is 0 Å². The smallest absolute Gasteiger partial charge is 0.213 e. The molecule has 0 saturated carbocycles. The van der Waals surface area contributed by atoms with E-state index in [9.17, 15) is 0 Å². The molecule has 0 aromatic carbocycles. The number of hydrogen-bond donors (Lipinski definition) is 1. The standard InChI is InChI=1S/C17H27N5O/c1-5-23-17-7-6-15(10-19-17)12-22(9-8-21(3)4)13-16-11-18-14(2)20-16/h6-7,10-11H,5,8-9,12-13H2,1-4H3,(H,18,20). The van der Waals surface area contributed by atoms with Gasteiger partial charge in [0.1, 0.15) is 5.82 Å². The van der Waals surface area contributed by atoms with Crippen molar-refractivity contribution in [3.63, 3.8) is 0 Å². The third-order valence-corrected chi connectivity index (χ3v) is 3.51. The van der Waals surface area contributed by atoms with Gasteiger partial charge >= 0.3 is 0 Å². The van der Waals surface area contributed by atoms with Gasteiger partial charge in [0.25, 0.3) is 0 Å². The van der Waals surface area contributed by atoms with E-state index in [1.165, 1.54) is 5.56 Å². The fourth-order valence-corrected chi connectivity index (χ4v) is 2.34. The molecule has 2 heterocycles. The summed E-state index contributed by atoms with van der Waals surface area (Å²) in [5, 5.41) is 0. The highest BCUT2D eigenvalue weighted by Gasteiger charge is 2.10. The zero-order chi connectivity index (χ0) is 16.7. The quantitative estimate of drug-likeness (QED) is 0.767. The maximum atomic E-state index is 5.40. The molecule has 6 nitrogen and oxygen atoms in total. The summed E-state index contributed by atoms with van der Waals surface area (Å²) in [4.78, 5) is 16.5. The Bertz CT molecular complexity index is 579. The van der Waals surface area contributed by atoms with Crippen molar-refractivity contribution in [2.75, 3.05) is 33.8 Å². The van der Waals surface area contributed by atoms with Gasteiger partial charge in [0.15, 0.2) is 0 Å². The number of H-pyrrole nitrogens is 1. The van der Waals surface area contributed by atoms with Crippen LogP contribution in [0.25, 0.3) is 0 Å². The molecule has 0 aliphatic carbocycles. The molecule has 2 rings (SSSR count). The van der Waals surface area contributed by atoms with Crippen molar-refractivity contribution < 1.29 is 4.74 Å². The Morgan fingerprint density at radius 3 is 2.48 bits per heavy atom. The van der Waals surface area contributed by atoms with Gasteiger partial charge in [0.2, 0.25) is 5.88 Å². The lowest BCUT2D eigenvalue weighted by Crippen LogP contribution is -2.31. The number of nitrogens with zero attached hydrogens (tertiary/aromatic N) is 4. The van der Waals surface area contributed by atoms with E-state index in [0.29, 0.717) is 12.5 Å². The number of aryl methyl sites for hydroxylation is 1. The summed E-state index contributed by atoms with van der Waals surface area (Å²) in [6, 6.07) is 4.02. The number of ether oxygens (including phenoxy) is 1. The zero-order valence-electron chi connectivity index (χ0n) is 14.5. The van der Waals surface area contributed by atoms with Gasteiger partial charge in [-0.3, -0.25) is 4.90 Å². The van der Waals surface area contributed by atoms with Crippen LogP contribution in [-0.4, -0.2) is 58.5 Å². The molecular weight excluding hydrogens is 290 g/mol. The Kier molecular flexibility index (Phi) is 6.55. The summed E-state index contributed by atoms with van der Waals surface area (Å²) >= 11 is 0. The number of pyridine rings is 1. The van der Waals surface area contributed by atoms with Crippen LogP contribution in [0.4, 0.5) is 0 Å². The highest BCUT2D eigenvalue weighted by Crippen LogP contribution is 2.12. The lowest BCUT2D eigenvalue weighted by molar-refractivity contribution is 0.224. The SMILES string of the molecule is CCOc1ccc(CN(CCN(C)C)Cc2cnc(C)[nH]2)cn1. The van der Waals surface area contributed by atoms with Crippen molar-refractivity contribution in [1.29, 1.82) is 0 Å². The van der Waals surface area contributed by atoms with Gasteiger partial charge in [0.05, 0.1) is 6.61 Å². The summed E-state index contributed by atoms with van der Waals surface area (Å²) < 4.78 is 5.40. The largest absolute Gasteiger partial charge is 0.478 e. The van der Waals surface area contributed by atoms with Crippen LogP contribution >= 0.6 is 0 Å². The van der Waals surface area contributed by atoms with Crippen molar-refractivity contribution in [2.45, 2.75) is 26.9 Å². The van der Waals surface area contributed by atoms with Gasteiger partial charge in [-0.2, -0.15) is 0 Å². The fraction of sp³-hybridized carbons (Fsp3) is 0.529. The lowest BCUT2D eigenvalue weighted by atomic mass is 10.2. The van der Waals surface area contributed by atoms with Crippen LogP contribution in [-0.2, 0) is 13.1 Å². The normalized spacial score (nSPS) is 11.4. The van der Waals surface area contributed by atoms with E-state index in [2.05, 4.69) is 44.9 Å². The Morgan fingerprint density at radius 1 is 1.09 bits per heavy atom. The van der Waals surface area contributed by atoms with Gasteiger partial charge < -0.3 is 14.6 Å². The number of hydrogen-bond acceptors (Lipinski definition) is 5. The second-order valence-electron chi connectivity index (χ2n) is 5.95. The fourth-order valence-electron chi connectivity index (χ4n) is 2.34. The molecule has 0 aliphatic rings. The number of aromatic amines is 1. The molecule has 0 spiro atoms. The van der Waals surface area contributed by atoms with E-state index in [1.54, 1.807) is 0 Å². The first-order valence-electron chi connectivity index (χ1n) is 8.02. The second-order valence-corrected chi connectivity index (χ2v) is 5.95. The number of imidazole rings is 1. The number of nitrogens with one attached hydrogen (secondary N) is 1. The topological polar surface area (TPSA) is 57.3 Å². The predicted octanol–water partition coefficient (Wildman–Crippen LogP) is 2.08. The summed E-state index contributed by atoms with van der Waals surface area (Å²) in [6.45, 7) is 8.28. The summed E-state index contributed by atoms with van der Waals surface area (Å²) in [6.07, 6.45) is 3.81. The molecule has 0 aliphatic heterocycles. The molecule has 0 bridgehead atoms. The molecule has 0 radical (unpaired) electrons. The summed E-state index contributed by atoms with van der Waals surface area (Å²) in [7, 11) is 4.19. The highest BCUT2D eigenvalue weighted by atomic mass is 16.5. The van der Waals surface area contributed by atoms with Crippen LogP contribution in [0.1, 0.15) is 24.0 Å². The molecule has 2 aromatic rings. The molecule has 1 N–H and O–H groups in total. The molecule has 0 unspecified atom stereocenters. The Morgan fingerprint density at radius 2 is 1.91 bits per heavy atom. The first-order chi connectivity index (χ1) is 11.1. The molecule has 6 heteroatoms. The molecule has 0 fully saturated rings. The maximum Gasteiger partial charge on any atom is 0.213 e. The second kappa shape index (κ2) is 8.64. The average Bonchev–Trinajstić information content (AvgIpc) is 2.92. The van der Waals surface area contributed by atoms with Crippen molar-refractivity contribution in [2.24, 2.45) is 0 Å². The van der Waals surface area contributed by atoms with Gasteiger partial charge in [0, 0.05) is 50.3 Å². The van der Waals surface area contributed by atoms with Crippen LogP contribution in [0.3, 0.4) is 0 Å². The van der Waals surface area contributed by atoms with Crippen LogP contribution in [0.15, 0.2) is 24.5 Å². The van der Waals surface area contributed by atoms with Crippen molar-refractivity contribution in [1.82, 2.24) is 24.8 Å². The van der Waals surface area contributed by atoms with E-state index in [4.69, 9.17) is 4.74 Å². The Balaban J connectivity index is 2.00. The van der Waals surface area contributed by atoms with E-state index in [0.717, 1.165) is 37.7 Å². The number of aromatic nitrogens is 3. The van der Waals surface area contributed by atoms with Gasteiger partial charge in [-0.15, -0.1) is 0 Å². The van der Waals surface area contributed by atoms with E-state index in [1.807, 2.05) is 32.3 Å². The monoisotopic (exact) mass is 317 g/mol. The molecule has 23 heavy (non-hydrogen) atoms. The zero-order valence-corrected chi connectivity index (χ0v) is 14.5. The minimum atomic E-state index is 0.639. The molecular formula is C17H27N5O. The van der Waals surface area contributed by atoms with Crippen molar-refractivity contribution in [3.8, 4) is 5.88 Å². The summed E-state index contributed by atoms with van der Waals surface area (Å²) in [5.74, 6) is 1.63. The first-order valence-corrected chi connectivity index (χ1v) is 8.02. The molecule has 0 amide bonds. The third kappa shape index (κ3) is 6.00. The average molecular weight is 317 g/mol. The Labute approximate surface area is 138 Å². The van der Waals surface area contributed by atoms with Gasteiger partial charge in [-0.05, 0) is 33.5 Å². The van der Waals surface area contributed by atoms with Crippen molar-refractivity contribution in [3.05, 3.63) is 41.6 Å².